The molecule has 0 bridgehead atoms. The molecule has 2 rings (SSSR count). The molecule has 0 aromatic rings. The van der Waals surface area contributed by atoms with E-state index in [1.807, 2.05) is 0 Å². The molecule has 2 aliphatic heterocycles. The van der Waals surface area contributed by atoms with E-state index in [1.165, 1.54) is 0 Å². The number of rotatable bonds is 5. The van der Waals surface area contributed by atoms with E-state index in [0.717, 1.165) is 0 Å². The Morgan fingerprint density at radius 1 is 1.39 bits per heavy atom. The number of ether oxygens (including phenoxy) is 3. The molecule has 1 amide bonds. The Hall–Kier alpha value is -1.14. The van der Waals surface area contributed by atoms with E-state index < -0.39 is 0 Å². The monoisotopic (exact) mass is 257 g/mol. The third-order valence-electron chi connectivity index (χ3n) is 3.23. The van der Waals surface area contributed by atoms with Gasteiger partial charge in [-0.2, -0.15) is 0 Å². The van der Waals surface area contributed by atoms with Crippen molar-refractivity contribution in [2.75, 3.05) is 19.8 Å². The zero-order valence-electron chi connectivity index (χ0n) is 10.5. The maximum Gasteiger partial charge on any atom is 0.311 e. The SMILES string of the molecule is CCOC(=O)[C@H]1CC(=O)N[C@@H]1CCC1OCCO1. The second-order valence-electron chi connectivity index (χ2n) is 4.49. The van der Waals surface area contributed by atoms with Crippen molar-refractivity contribution < 1.29 is 23.8 Å². The smallest absolute Gasteiger partial charge is 0.311 e. The van der Waals surface area contributed by atoms with Gasteiger partial charge in [0.2, 0.25) is 5.91 Å². The minimum Gasteiger partial charge on any atom is -0.466 e. The van der Waals surface area contributed by atoms with Gasteiger partial charge >= 0.3 is 5.97 Å². The summed E-state index contributed by atoms with van der Waals surface area (Å²) in [6.45, 7) is 3.33. The first kappa shape index (κ1) is 13.3. The lowest BCUT2D eigenvalue weighted by molar-refractivity contribution is -0.148. The van der Waals surface area contributed by atoms with Crippen molar-refractivity contribution in [3.8, 4) is 0 Å². The Morgan fingerprint density at radius 2 is 2.11 bits per heavy atom. The summed E-state index contributed by atoms with van der Waals surface area (Å²) in [5.41, 5.74) is 0. The van der Waals surface area contributed by atoms with Crippen LogP contribution in [-0.4, -0.2) is 44.0 Å². The molecule has 18 heavy (non-hydrogen) atoms. The average Bonchev–Trinajstić information content (AvgIpc) is 2.95. The Balaban J connectivity index is 1.84. The van der Waals surface area contributed by atoms with Gasteiger partial charge in [-0.05, 0) is 13.3 Å². The molecular formula is C12H19NO5. The Labute approximate surface area is 106 Å². The minimum atomic E-state index is -0.376. The van der Waals surface area contributed by atoms with E-state index in [-0.39, 0.29) is 36.5 Å². The second-order valence-corrected chi connectivity index (χ2v) is 4.49. The van der Waals surface area contributed by atoms with E-state index in [0.29, 0.717) is 32.7 Å². The Bertz CT molecular complexity index is 314. The standard InChI is InChI=1S/C12H19NO5/c1-2-16-12(15)8-7-10(14)13-9(8)3-4-11-17-5-6-18-11/h8-9,11H,2-7H2,1H3,(H,13,14)/t8-,9+/m0/s1. The van der Waals surface area contributed by atoms with Crippen molar-refractivity contribution >= 4 is 11.9 Å². The van der Waals surface area contributed by atoms with Crippen LogP contribution in [0, 0.1) is 5.92 Å². The highest BCUT2D eigenvalue weighted by Gasteiger charge is 2.38. The highest BCUT2D eigenvalue weighted by Crippen LogP contribution is 2.24. The first-order chi connectivity index (χ1) is 8.70. The Morgan fingerprint density at radius 3 is 2.78 bits per heavy atom. The van der Waals surface area contributed by atoms with Crippen molar-refractivity contribution in [2.45, 2.75) is 38.5 Å². The fourth-order valence-electron chi connectivity index (χ4n) is 2.37. The topological polar surface area (TPSA) is 73.9 Å². The van der Waals surface area contributed by atoms with Crippen LogP contribution in [0.25, 0.3) is 0 Å². The van der Waals surface area contributed by atoms with Crippen molar-refractivity contribution in [3.05, 3.63) is 0 Å². The van der Waals surface area contributed by atoms with Gasteiger partial charge in [0.1, 0.15) is 0 Å². The van der Waals surface area contributed by atoms with Crippen LogP contribution in [-0.2, 0) is 23.8 Å². The first-order valence-electron chi connectivity index (χ1n) is 6.40. The van der Waals surface area contributed by atoms with Gasteiger partial charge in [0.15, 0.2) is 6.29 Å². The highest BCUT2D eigenvalue weighted by atomic mass is 16.7. The van der Waals surface area contributed by atoms with Crippen LogP contribution < -0.4 is 5.32 Å². The molecule has 2 atom stereocenters. The number of hydrogen-bond acceptors (Lipinski definition) is 5. The maximum absolute atomic E-state index is 11.7. The van der Waals surface area contributed by atoms with Crippen LogP contribution in [0.4, 0.5) is 0 Å². The van der Waals surface area contributed by atoms with Crippen molar-refractivity contribution in [3.63, 3.8) is 0 Å². The molecule has 0 unspecified atom stereocenters. The van der Waals surface area contributed by atoms with Gasteiger partial charge in [-0.25, -0.2) is 0 Å². The molecule has 0 aliphatic carbocycles. The third-order valence-corrected chi connectivity index (χ3v) is 3.23. The van der Waals surface area contributed by atoms with Gasteiger partial charge < -0.3 is 19.5 Å². The molecule has 0 saturated carbocycles. The summed E-state index contributed by atoms with van der Waals surface area (Å²) < 4.78 is 15.6. The molecule has 1 N–H and O–H groups in total. The number of hydrogen-bond donors (Lipinski definition) is 1. The summed E-state index contributed by atoms with van der Waals surface area (Å²) in [7, 11) is 0. The van der Waals surface area contributed by atoms with E-state index in [2.05, 4.69) is 5.32 Å². The minimum absolute atomic E-state index is 0.0914. The number of esters is 1. The molecule has 2 aliphatic rings. The summed E-state index contributed by atoms with van der Waals surface area (Å²) in [5.74, 6) is -0.765. The molecule has 0 aromatic heterocycles. The molecule has 102 valence electrons. The van der Waals surface area contributed by atoms with Crippen molar-refractivity contribution in [1.29, 1.82) is 0 Å². The quantitative estimate of drug-likeness (QED) is 0.713. The third kappa shape index (κ3) is 3.20. The molecule has 2 fully saturated rings. The molecule has 0 spiro atoms. The lowest BCUT2D eigenvalue weighted by Gasteiger charge is -2.18. The van der Waals surface area contributed by atoms with Gasteiger partial charge in [-0.15, -0.1) is 0 Å². The lowest BCUT2D eigenvalue weighted by atomic mass is 9.97. The van der Waals surface area contributed by atoms with Crippen LogP contribution in [0.1, 0.15) is 26.2 Å². The molecule has 2 saturated heterocycles. The average molecular weight is 257 g/mol. The Kier molecular flexibility index (Phi) is 4.54. The van der Waals surface area contributed by atoms with Gasteiger partial charge in [-0.1, -0.05) is 0 Å². The summed E-state index contributed by atoms with van der Waals surface area (Å²) in [4.78, 5) is 23.1. The number of carbonyl (C=O) groups is 2. The van der Waals surface area contributed by atoms with Crippen molar-refractivity contribution in [2.24, 2.45) is 5.92 Å². The molecule has 0 aromatic carbocycles. The molecule has 6 heteroatoms. The van der Waals surface area contributed by atoms with E-state index in [9.17, 15) is 9.59 Å². The molecular weight excluding hydrogens is 238 g/mol. The van der Waals surface area contributed by atoms with Crippen molar-refractivity contribution in [1.82, 2.24) is 5.32 Å². The predicted molar refractivity (Wildman–Crippen MR) is 61.6 cm³/mol. The van der Waals surface area contributed by atoms with Crippen LogP contribution >= 0.6 is 0 Å². The zero-order valence-corrected chi connectivity index (χ0v) is 10.5. The van der Waals surface area contributed by atoms with Gasteiger partial charge in [-0.3, -0.25) is 9.59 Å². The number of carbonyl (C=O) groups excluding carboxylic acids is 2. The van der Waals surface area contributed by atoms with Gasteiger partial charge in [0, 0.05) is 18.9 Å². The first-order valence-corrected chi connectivity index (χ1v) is 6.40. The van der Waals surface area contributed by atoms with E-state index >= 15 is 0 Å². The largest absolute Gasteiger partial charge is 0.466 e. The van der Waals surface area contributed by atoms with Gasteiger partial charge in [0.05, 0.1) is 25.7 Å². The lowest BCUT2D eigenvalue weighted by Crippen LogP contribution is -2.34. The van der Waals surface area contributed by atoms with E-state index in [1.54, 1.807) is 6.92 Å². The van der Waals surface area contributed by atoms with Crippen LogP contribution in [0.2, 0.25) is 0 Å². The summed E-state index contributed by atoms with van der Waals surface area (Å²) in [5, 5.41) is 2.82. The van der Waals surface area contributed by atoms with Crippen LogP contribution in [0.3, 0.4) is 0 Å². The fraction of sp³-hybridized carbons (Fsp3) is 0.833. The highest BCUT2D eigenvalue weighted by molar-refractivity contribution is 5.87. The predicted octanol–water partition coefficient (Wildman–Crippen LogP) is 0.207. The molecule has 0 radical (unpaired) electrons. The maximum atomic E-state index is 11.7. The molecule has 2 heterocycles. The van der Waals surface area contributed by atoms with Crippen LogP contribution in [0.15, 0.2) is 0 Å². The van der Waals surface area contributed by atoms with Crippen LogP contribution in [0.5, 0.6) is 0 Å². The fourth-order valence-corrected chi connectivity index (χ4v) is 2.37. The summed E-state index contributed by atoms with van der Waals surface area (Å²) in [6, 6.07) is -0.163. The summed E-state index contributed by atoms with van der Waals surface area (Å²) >= 11 is 0. The number of nitrogens with one attached hydrogen (secondary N) is 1. The zero-order chi connectivity index (χ0) is 13.0. The van der Waals surface area contributed by atoms with Gasteiger partial charge in [0.25, 0.3) is 0 Å². The second kappa shape index (κ2) is 6.15. The normalized spacial score (nSPS) is 28.4. The van der Waals surface area contributed by atoms with E-state index in [4.69, 9.17) is 14.2 Å². The summed E-state index contributed by atoms with van der Waals surface area (Å²) in [6.07, 6.45) is 1.36. The molecule has 6 nitrogen and oxygen atoms in total. The number of amides is 1.